The number of hydrogen-bond acceptors (Lipinski definition) is 8. The van der Waals surface area contributed by atoms with Crippen LogP contribution in [0.4, 0.5) is 0 Å². The number of fused-ring (bicyclic) bond motifs is 1. The SMILES string of the molecule is c1coc(C2(c3nc4ccccc4s3)NC(c3nccs3)=C(c3cccs3)O2)c1. The lowest BCUT2D eigenvalue weighted by molar-refractivity contribution is 0.0563. The minimum atomic E-state index is -1.05. The summed E-state index contributed by atoms with van der Waals surface area (Å²) in [6.45, 7) is 0. The summed E-state index contributed by atoms with van der Waals surface area (Å²) in [6.07, 6.45) is 3.45. The maximum Gasteiger partial charge on any atom is 0.292 e. The number of hydrogen-bond donors (Lipinski definition) is 1. The van der Waals surface area contributed by atoms with Gasteiger partial charge < -0.3 is 14.5 Å². The first-order valence-corrected chi connectivity index (χ1v) is 11.5. The van der Waals surface area contributed by atoms with Gasteiger partial charge in [-0.15, -0.1) is 34.0 Å². The summed E-state index contributed by atoms with van der Waals surface area (Å²) in [4.78, 5) is 10.4. The van der Waals surface area contributed by atoms with Gasteiger partial charge in [-0.2, -0.15) is 0 Å². The van der Waals surface area contributed by atoms with Gasteiger partial charge in [0.05, 0.1) is 21.4 Å². The quantitative estimate of drug-likeness (QED) is 0.389. The molecule has 142 valence electrons. The molecule has 1 aliphatic rings. The molecular weight excluding hydrogens is 422 g/mol. The second-order valence-corrected chi connectivity index (χ2v) is 9.26. The fourth-order valence-corrected chi connectivity index (χ4v) is 5.76. The van der Waals surface area contributed by atoms with Crippen molar-refractivity contribution in [1.82, 2.24) is 15.3 Å². The van der Waals surface area contributed by atoms with Crippen molar-refractivity contribution in [3.63, 3.8) is 0 Å². The van der Waals surface area contributed by atoms with Gasteiger partial charge in [-0.3, -0.25) is 0 Å². The monoisotopic (exact) mass is 435 g/mol. The van der Waals surface area contributed by atoms with Crippen molar-refractivity contribution in [2.45, 2.75) is 5.72 Å². The minimum Gasteiger partial charge on any atom is -0.462 e. The average Bonchev–Trinajstić information content (AvgIpc) is 3.55. The van der Waals surface area contributed by atoms with Gasteiger partial charge >= 0.3 is 0 Å². The molecule has 6 rings (SSSR count). The molecule has 0 radical (unpaired) electrons. The second kappa shape index (κ2) is 6.55. The molecule has 0 saturated heterocycles. The molecular formula is C21H13N3O2S3. The van der Waals surface area contributed by atoms with E-state index in [4.69, 9.17) is 14.1 Å². The Bertz CT molecular complexity index is 1220. The van der Waals surface area contributed by atoms with Crippen LogP contribution in [-0.4, -0.2) is 9.97 Å². The van der Waals surface area contributed by atoms with E-state index in [1.165, 1.54) is 0 Å². The Morgan fingerprint density at radius 1 is 0.966 bits per heavy atom. The molecule has 5 nitrogen and oxygen atoms in total. The number of aromatic nitrogens is 2. The minimum absolute atomic E-state index is 0.650. The lowest BCUT2D eigenvalue weighted by Gasteiger charge is -2.26. The molecule has 0 spiro atoms. The van der Waals surface area contributed by atoms with Crippen LogP contribution < -0.4 is 5.32 Å². The van der Waals surface area contributed by atoms with Crippen molar-refractivity contribution in [3.8, 4) is 0 Å². The van der Waals surface area contributed by atoms with Crippen molar-refractivity contribution >= 4 is 55.7 Å². The zero-order valence-corrected chi connectivity index (χ0v) is 17.3. The average molecular weight is 436 g/mol. The van der Waals surface area contributed by atoms with E-state index in [1.54, 1.807) is 46.5 Å². The smallest absolute Gasteiger partial charge is 0.292 e. The van der Waals surface area contributed by atoms with Gasteiger partial charge in [0.1, 0.15) is 10.7 Å². The molecule has 1 atom stereocenters. The van der Waals surface area contributed by atoms with Gasteiger partial charge in [-0.1, -0.05) is 18.2 Å². The molecule has 5 heterocycles. The second-order valence-electron chi connectivity index (χ2n) is 6.39. The topological polar surface area (TPSA) is 60.2 Å². The molecule has 1 aromatic carbocycles. The van der Waals surface area contributed by atoms with Crippen LogP contribution in [0.3, 0.4) is 0 Å². The Labute approximate surface area is 178 Å². The van der Waals surface area contributed by atoms with Crippen LogP contribution in [0.15, 0.2) is 76.2 Å². The first kappa shape index (κ1) is 17.0. The van der Waals surface area contributed by atoms with E-state index < -0.39 is 5.72 Å². The fourth-order valence-electron chi connectivity index (χ4n) is 3.36. The molecule has 1 aliphatic heterocycles. The van der Waals surface area contributed by atoms with Crippen LogP contribution in [0.5, 0.6) is 0 Å². The third kappa shape index (κ3) is 2.64. The molecule has 1 N–H and O–H groups in total. The predicted octanol–water partition coefficient (Wildman–Crippen LogP) is 5.75. The van der Waals surface area contributed by atoms with E-state index >= 15 is 0 Å². The number of furan rings is 1. The summed E-state index contributed by atoms with van der Waals surface area (Å²) >= 11 is 4.78. The third-order valence-electron chi connectivity index (χ3n) is 4.64. The summed E-state index contributed by atoms with van der Waals surface area (Å²) < 4.78 is 13.6. The highest BCUT2D eigenvalue weighted by Gasteiger charge is 2.50. The lowest BCUT2D eigenvalue weighted by Crippen LogP contribution is -2.39. The van der Waals surface area contributed by atoms with Gasteiger partial charge in [0.15, 0.2) is 16.5 Å². The fraction of sp³-hybridized carbons (Fsp3) is 0.0476. The number of thiazole rings is 2. The van der Waals surface area contributed by atoms with E-state index in [2.05, 4.69) is 16.4 Å². The normalized spacial score (nSPS) is 18.9. The Kier molecular flexibility index (Phi) is 3.83. The highest BCUT2D eigenvalue weighted by atomic mass is 32.1. The summed E-state index contributed by atoms with van der Waals surface area (Å²) in [6, 6.07) is 15.9. The maximum absolute atomic E-state index is 6.69. The summed E-state index contributed by atoms with van der Waals surface area (Å²) in [7, 11) is 0. The first-order valence-electron chi connectivity index (χ1n) is 8.89. The molecule has 0 saturated carbocycles. The Balaban J connectivity index is 1.57. The Hall–Kier alpha value is -2.94. The van der Waals surface area contributed by atoms with Gasteiger partial charge in [-0.05, 0) is 35.7 Å². The van der Waals surface area contributed by atoms with Crippen molar-refractivity contribution in [3.05, 3.63) is 92.4 Å². The zero-order chi connectivity index (χ0) is 19.3. The number of nitrogens with one attached hydrogen (secondary N) is 1. The molecule has 4 aromatic heterocycles. The number of nitrogens with zero attached hydrogens (tertiary/aromatic N) is 2. The molecule has 29 heavy (non-hydrogen) atoms. The van der Waals surface area contributed by atoms with Gasteiger partial charge in [0.25, 0.3) is 5.72 Å². The summed E-state index contributed by atoms with van der Waals surface area (Å²) in [5, 5.41) is 9.24. The first-order chi connectivity index (χ1) is 14.3. The van der Waals surface area contributed by atoms with E-state index in [9.17, 15) is 0 Å². The summed E-state index contributed by atoms with van der Waals surface area (Å²) in [5.41, 5.74) is 0.732. The van der Waals surface area contributed by atoms with Crippen LogP contribution in [0.25, 0.3) is 21.7 Å². The van der Waals surface area contributed by atoms with E-state index in [0.29, 0.717) is 5.76 Å². The molecule has 0 aliphatic carbocycles. The van der Waals surface area contributed by atoms with Gasteiger partial charge in [-0.25, -0.2) is 9.97 Å². The Morgan fingerprint density at radius 2 is 1.93 bits per heavy atom. The van der Waals surface area contributed by atoms with Crippen LogP contribution in [-0.2, 0) is 10.5 Å². The molecule has 0 amide bonds. The number of rotatable bonds is 4. The molecule has 8 heteroatoms. The number of benzene rings is 1. The van der Waals surface area contributed by atoms with Crippen molar-refractivity contribution in [2.24, 2.45) is 0 Å². The van der Waals surface area contributed by atoms with E-state index in [1.807, 2.05) is 53.2 Å². The molecule has 1 unspecified atom stereocenters. The predicted molar refractivity (Wildman–Crippen MR) is 117 cm³/mol. The van der Waals surface area contributed by atoms with Crippen molar-refractivity contribution in [2.75, 3.05) is 0 Å². The zero-order valence-electron chi connectivity index (χ0n) is 14.9. The number of thiophene rings is 1. The summed E-state index contributed by atoms with van der Waals surface area (Å²) in [5.74, 6) is 1.41. The highest BCUT2D eigenvalue weighted by molar-refractivity contribution is 7.18. The van der Waals surface area contributed by atoms with Gasteiger partial charge in [0, 0.05) is 11.6 Å². The molecule has 0 fully saturated rings. The Morgan fingerprint density at radius 3 is 2.69 bits per heavy atom. The standard InChI is InChI=1S/C21H13N3O2S3/c1-2-6-14-13(5-1)23-20(29-14)21(16-8-3-10-25-16)24-17(19-22-9-12-28-19)18(26-21)15-7-4-11-27-15/h1-12,24H. The van der Waals surface area contributed by atoms with Crippen LogP contribution in [0.1, 0.15) is 20.7 Å². The van der Waals surface area contributed by atoms with E-state index in [0.717, 1.165) is 36.6 Å². The van der Waals surface area contributed by atoms with Crippen molar-refractivity contribution in [1.29, 1.82) is 0 Å². The van der Waals surface area contributed by atoms with Crippen LogP contribution in [0.2, 0.25) is 0 Å². The largest absolute Gasteiger partial charge is 0.462 e. The van der Waals surface area contributed by atoms with Gasteiger partial charge in [0.2, 0.25) is 0 Å². The van der Waals surface area contributed by atoms with Crippen LogP contribution >= 0.6 is 34.0 Å². The van der Waals surface area contributed by atoms with Crippen LogP contribution in [0, 0.1) is 0 Å². The number of para-hydroxylation sites is 1. The molecule has 0 bridgehead atoms. The van der Waals surface area contributed by atoms with Crippen molar-refractivity contribution < 1.29 is 9.15 Å². The highest BCUT2D eigenvalue weighted by Crippen LogP contribution is 2.48. The van der Waals surface area contributed by atoms with E-state index in [-0.39, 0.29) is 0 Å². The molecule has 5 aromatic rings. The third-order valence-corrected chi connectivity index (χ3v) is 7.43. The number of ether oxygens (including phenoxy) is 1. The maximum atomic E-state index is 6.69. The lowest BCUT2D eigenvalue weighted by atomic mass is 10.1.